The highest BCUT2D eigenvalue weighted by Gasteiger charge is 2.37. The van der Waals surface area contributed by atoms with Crippen molar-refractivity contribution in [3.05, 3.63) is 175 Å². The summed E-state index contributed by atoms with van der Waals surface area (Å²) in [5.41, 5.74) is 11.7. The van der Waals surface area contributed by atoms with Crippen molar-refractivity contribution in [1.29, 1.82) is 0 Å². The maximum atomic E-state index is 6.21. The molecule has 0 spiro atoms. The molecule has 10 aromatic rings. The number of nitrogens with zero attached hydrogens (tertiary/aromatic N) is 2. The number of hydrogen-bond donors (Lipinski definition) is 0. The molecule has 3 nitrogen and oxygen atoms in total. The largest absolute Gasteiger partial charge is 0.456 e. The lowest BCUT2D eigenvalue weighted by molar-refractivity contribution is 0.669. The second-order valence-electron chi connectivity index (χ2n) is 14.1. The number of thiophene rings is 1. The molecule has 0 saturated carbocycles. The quantitative estimate of drug-likeness (QED) is 0.185. The topological polar surface area (TPSA) is 21.3 Å². The standard InChI is InChI=1S/C48H30N2OS/c1-5-13-41-33(9-1)35-21-17-29(25-43(35)49(41)31-19-23-46-39(27-31)37-11-3-7-15-45(37)51-46)30-18-22-36-34-10-2-6-14-42(34)50(44(36)26-30)32-20-24-48-40(28-32)38-12-4-8-16-47(38)52-48/h1-28,33,41H. The van der Waals surface area contributed by atoms with Gasteiger partial charge in [-0.1, -0.05) is 103 Å². The SMILES string of the molecule is C1=CC2c3ccc(-c4ccc5c6ccccc6n(-c6ccc7sc8ccccc8c7c6)c5c4)cc3N(c3ccc4oc5ccccc5c4c3)C2C=C1. The molecule has 0 fully saturated rings. The second-order valence-corrected chi connectivity index (χ2v) is 15.2. The van der Waals surface area contributed by atoms with E-state index in [-0.39, 0.29) is 6.04 Å². The highest BCUT2D eigenvalue weighted by atomic mass is 32.1. The van der Waals surface area contributed by atoms with Crippen LogP contribution in [0.25, 0.3) is 80.7 Å². The molecule has 244 valence electrons. The van der Waals surface area contributed by atoms with E-state index in [1.807, 2.05) is 17.4 Å². The first-order valence-corrected chi connectivity index (χ1v) is 18.7. The average molecular weight is 683 g/mol. The maximum Gasteiger partial charge on any atom is 0.135 e. The molecule has 0 saturated heterocycles. The third-order valence-corrected chi connectivity index (χ3v) is 12.5. The number of fused-ring (bicyclic) bond motifs is 12. The maximum absolute atomic E-state index is 6.21. The molecule has 3 aromatic heterocycles. The summed E-state index contributed by atoms with van der Waals surface area (Å²) in [4.78, 5) is 2.53. The van der Waals surface area contributed by atoms with Crippen molar-refractivity contribution < 1.29 is 4.42 Å². The van der Waals surface area contributed by atoms with Crippen molar-refractivity contribution in [2.24, 2.45) is 0 Å². The highest BCUT2D eigenvalue weighted by molar-refractivity contribution is 7.25. The fourth-order valence-corrected chi connectivity index (χ4v) is 10.0. The van der Waals surface area contributed by atoms with Crippen LogP contribution in [-0.4, -0.2) is 10.6 Å². The van der Waals surface area contributed by atoms with Crippen molar-refractivity contribution in [3.8, 4) is 16.8 Å². The van der Waals surface area contributed by atoms with Crippen LogP contribution in [-0.2, 0) is 0 Å². The van der Waals surface area contributed by atoms with Crippen molar-refractivity contribution in [2.45, 2.75) is 12.0 Å². The molecule has 0 N–H and O–H groups in total. The normalized spacial score (nSPS) is 16.7. The number of benzene rings is 7. The Bertz CT molecular complexity index is 3170. The number of furan rings is 1. The van der Waals surface area contributed by atoms with Crippen LogP contribution in [0.15, 0.2) is 174 Å². The van der Waals surface area contributed by atoms with E-state index >= 15 is 0 Å². The van der Waals surface area contributed by atoms with Crippen molar-refractivity contribution in [1.82, 2.24) is 4.57 Å². The summed E-state index contributed by atoms with van der Waals surface area (Å²) in [6.07, 6.45) is 9.08. The van der Waals surface area contributed by atoms with E-state index in [0.29, 0.717) is 5.92 Å². The molecule has 0 bridgehead atoms. The Morgan fingerprint density at radius 1 is 0.481 bits per heavy atom. The van der Waals surface area contributed by atoms with Gasteiger partial charge in [-0.3, -0.25) is 0 Å². The molecule has 2 unspecified atom stereocenters. The van der Waals surface area contributed by atoms with Crippen molar-refractivity contribution in [2.75, 3.05) is 4.90 Å². The van der Waals surface area contributed by atoms with E-state index in [2.05, 4.69) is 173 Å². The number of para-hydroxylation sites is 2. The minimum absolute atomic E-state index is 0.207. The van der Waals surface area contributed by atoms with Gasteiger partial charge in [-0.2, -0.15) is 0 Å². The van der Waals surface area contributed by atoms with Crippen LogP contribution in [0.4, 0.5) is 11.4 Å². The molecular weight excluding hydrogens is 653 g/mol. The molecule has 2 atom stereocenters. The number of rotatable bonds is 3. The lowest BCUT2D eigenvalue weighted by Gasteiger charge is -2.29. The van der Waals surface area contributed by atoms with E-state index in [1.165, 1.54) is 75.7 Å². The molecule has 1 aliphatic carbocycles. The molecule has 1 aliphatic heterocycles. The van der Waals surface area contributed by atoms with Gasteiger partial charge in [0.1, 0.15) is 11.2 Å². The van der Waals surface area contributed by atoms with Gasteiger partial charge in [0.25, 0.3) is 0 Å². The molecule has 0 radical (unpaired) electrons. The van der Waals surface area contributed by atoms with Gasteiger partial charge in [0.15, 0.2) is 0 Å². The predicted octanol–water partition coefficient (Wildman–Crippen LogP) is 13.4. The van der Waals surface area contributed by atoms with Crippen LogP contribution >= 0.6 is 11.3 Å². The fourth-order valence-electron chi connectivity index (χ4n) is 8.96. The zero-order valence-electron chi connectivity index (χ0n) is 28.0. The lowest BCUT2D eigenvalue weighted by Crippen LogP contribution is -2.28. The fraction of sp³-hybridized carbons (Fsp3) is 0.0417. The van der Waals surface area contributed by atoms with Gasteiger partial charge in [0.05, 0.1) is 17.1 Å². The third-order valence-electron chi connectivity index (χ3n) is 11.3. The Labute approximate surface area is 303 Å². The number of allylic oxidation sites excluding steroid dienone is 2. The van der Waals surface area contributed by atoms with Gasteiger partial charge < -0.3 is 13.9 Å². The summed E-state index contributed by atoms with van der Waals surface area (Å²) in [7, 11) is 0. The van der Waals surface area contributed by atoms with Crippen LogP contribution in [0.5, 0.6) is 0 Å². The van der Waals surface area contributed by atoms with Crippen LogP contribution in [0, 0.1) is 0 Å². The van der Waals surface area contributed by atoms with E-state index in [9.17, 15) is 0 Å². The lowest BCUT2D eigenvalue weighted by atomic mass is 9.90. The first-order chi connectivity index (χ1) is 25.8. The molecular formula is C48H30N2OS. The van der Waals surface area contributed by atoms with Crippen molar-refractivity contribution >= 4 is 86.6 Å². The van der Waals surface area contributed by atoms with Gasteiger partial charge in [0, 0.05) is 64.7 Å². The number of aromatic nitrogens is 1. The summed E-state index contributed by atoms with van der Waals surface area (Å²) in [6, 6.07) is 53.8. The summed E-state index contributed by atoms with van der Waals surface area (Å²) in [5.74, 6) is 0.291. The molecule has 7 aromatic carbocycles. The van der Waals surface area contributed by atoms with Crippen LogP contribution < -0.4 is 4.90 Å². The van der Waals surface area contributed by atoms with Crippen molar-refractivity contribution in [3.63, 3.8) is 0 Å². The number of hydrogen-bond acceptors (Lipinski definition) is 3. The predicted molar refractivity (Wildman–Crippen MR) is 220 cm³/mol. The number of anilines is 2. The Kier molecular flexibility index (Phi) is 5.77. The van der Waals surface area contributed by atoms with Gasteiger partial charge in [-0.25, -0.2) is 0 Å². The summed E-state index contributed by atoms with van der Waals surface area (Å²) >= 11 is 1.86. The molecule has 12 rings (SSSR count). The summed E-state index contributed by atoms with van der Waals surface area (Å²) in [6.45, 7) is 0. The smallest absolute Gasteiger partial charge is 0.135 e. The Morgan fingerprint density at radius 3 is 2.15 bits per heavy atom. The van der Waals surface area contributed by atoms with Crippen LogP contribution in [0.3, 0.4) is 0 Å². The first-order valence-electron chi connectivity index (χ1n) is 17.9. The Balaban J connectivity index is 1.04. The summed E-state index contributed by atoms with van der Waals surface area (Å²) in [5, 5.41) is 7.46. The summed E-state index contributed by atoms with van der Waals surface area (Å²) < 4.78 is 11.3. The van der Waals surface area contributed by atoms with Crippen LogP contribution in [0.2, 0.25) is 0 Å². The average Bonchev–Trinajstić information content (AvgIpc) is 3.94. The Hall–Kier alpha value is -6.36. The van der Waals surface area contributed by atoms with E-state index < -0.39 is 0 Å². The van der Waals surface area contributed by atoms with Gasteiger partial charge in [-0.05, 0) is 83.4 Å². The highest BCUT2D eigenvalue weighted by Crippen LogP contribution is 2.50. The zero-order chi connectivity index (χ0) is 33.9. The zero-order valence-corrected chi connectivity index (χ0v) is 28.8. The Morgan fingerprint density at radius 2 is 1.19 bits per heavy atom. The van der Waals surface area contributed by atoms with Gasteiger partial charge >= 0.3 is 0 Å². The van der Waals surface area contributed by atoms with E-state index in [0.717, 1.165) is 21.9 Å². The minimum atomic E-state index is 0.207. The molecule has 4 heteroatoms. The molecule has 0 amide bonds. The third kappa shape index (κ3) is 3.96. The molecule has 2 aliphatic rings. The van der Waals surface area contributed by atoms with Crippen LogP contribution in [0.1, 0.15) is 11.5 Å². The minimum Gasteiger partial charge on any atom is -0.456 e. The van der Waals surface area contributed by atoms with E-state index in [1.54, 1.807) is 0 Å². The first kappa shape index (κ1) is 28.3. The van der Waals surface area contributed by atoms with Gasteiger partial charge in [0.2, 0.25) is 0 Å². The van der Waals surface area contributed by atoms with E-state index in [4.69, 9.17) is 4.42 Å². The molecule has 52 heavy (non-hydrogen) atoms. The van der Waals surface area contributed by atoms with Gasteiger partial charge in [-0.15, -0.1) is 11.3 Å². The second kappa shape index (κ2) is 10.6. The molecule has 4 heterocycles. The monoisotopic (exact) mass is 682 g/mol.